The van der Waals surface area contributed by atoms with Crippen molar-refractivity contribution in [1.29, 1.82) is 0 Å². The summed E-state index contributed by atoms with van der Waals surface area (Å²) in [6.07, 6.45) is 4.54. The average molecular weight is 278 g/mol. The number of benzene rings is 1. The van der Waals surface area contributed by atoms with Crippen LogP contribution in [0, 0.1) is 0 Å². The van der Waals surface area contributed by atoms with Gasteiger partial charge in [0.05, 0.1) is 7.11 Å². The van der Waals surface area contributed by atoms with Crippen molar-refractivity contribution in [1.82, 2.24) is 5.32 Å². The van der Waals surface area contributed by atoms with Gasteiger partial charge in [-0.2, -0.15) is 0 Å². The van der Waals surface area contributed by atoms with E-state index in [1.807, 2.05) is 12.1 Å². The van der Waals surface area contributed by atoms with Gasteiger partial charge in [-0.3, -0.25) is 0 Å². The molecule has 1 aliphatic carbocycles. The van der Waals surface area contributed by atoms with Crippen LogP contribution in [0.15, 0.2) is 12.1 Å². The summed E-state index contributed by atoms with van der Waals surface area (Å²) in [6.45, 7) is 1.08. The number of rotatable bonds is 4. The van der Waals surface area contributed by atoms with Crippen molar-refractivity contribution in [3.8, 4) is 17.2 Å². The first kappa shape index (κ1) is 13.5. The molecule has 3 N–H and O–H groups in total. The van der Waals surface area contributed by atoms with Crippen molar-refractivity contribution >= 4 is 0 Å². The van der Waals surface area contributed by atoms with E-state index in [1.165, 1.54) is 0 Å². The van der Waals surface area contributed by atoms with E-state index in [4.69, 9.17) is 19.9 Å². The highest BCUT2D eigenvalue weighted by Crippen LogP contribution is 2.41. The predicted molar refractivity (Wildman–Crippen MR) is 76.2 cm³/mol. The predicted octanol–water partition coefficient (Wildman–Crippen LogP) is 1.78. The van der Waals surface area contributed by atoms with E-state index in [0.717, 1.165) is 49.3 Å². The van der Waals surface area contributed by atoms with E-state index in [-0.39, 0.29) is 6.79 Å². The Morgan fingerprint density at radius 3 is 2.80 bits per heavy atom. The van der Waals surface area contributed by atoms with Crippen LogP contribution in [0.3, 0.4) is 0 Å². The fourth-order valence-electron chi connectivity index (χ4n) is 2.87. The second kappa shape index (κ2) is 5.89. The largest absolute Gasteiger partial charge is 0.493 e. The minimum absolute atomic E-state index is 0.267. The molecule has 110 valence electrons. The molecule has 5 nitrogen and oxygen atoms in total. The van der Waals surface area contributed by atoms with Gasteiger partial charge < -0.3 is 25.3 Å². The van der Waals surface area contributed by atoms with E-state index >= 15 is 0 Å². The molecule has 5 heteroatoms. The fourth-order valence-corrected chi connectivity index (χ4v) is 2.87. The number of ether oxygens (including phenoxy) is 3. The zero-order valence-corrected chi connectivity index (χ0v) is 11.9. The lowest BCUT2D eigenvalue weighted by Crippen LogP contribution is -2.37. The summed E-state index contributed by atoms with van der Waals surface area (Å²) in [5.74, 6) is 2.22. The molecule has 0 unspecified atom stereocenters. The van der Waals surface area contributed by atoms with Gasteiger partial charge in [0.1, 0.15) is 0 Å². The van der Waals surface area contributed by atoms with Crippen LogP contribution >= 0.6 is 0 Å². The molecule has 20 heavy (non-hydrogen) atoms. The second-order valence-corrected chi connectivity index (χ2v) is 5.52. The van der Waals surface area contributed by atoms with E-state index in [9.17, 15) is 0 Å². The molecular weight excluding hydrogens is 256 g/mol. The second-order valence-electron chi connectivity index (χ2n) is 5.52. The van der Waals surface area contributed by atoms with Gasteiger partial charge in [-0.1, -0.05) is 0 Å². The number of hydrogen-bond acceptors (Lipinski definition) is 5. The minimum Gasteiger partial charge on any atom is -0.493 e. The topological polar surface area (TPSA) is 65.7 Å². The van der Waals surface area contributed by atoms with Crippen molar-refractivity contribution < 1.29 is 14.2 Å². The maximum atomic E-state index is 5.93. The Hall–Kier alpha value is -1.46. The van der Waals surface area contributed by atoms with Crippen LogP contribution in [0.4, 0.5) is 0 Å². The number of nitrogens with one attached hydrogen (secondary N) is 1. The number of nitrogens with two attached hydrogens (primary N) is 1. The molecule has 3 rings (SSSR count). The van der Waals surface area contributed by atoms with Crippen LogP contribution in [-0.4, -0.2) is 26.0 Å². The highest BCUT2D eigenvalue weighted by atomic mass is 16.7. The standard InChI is InChI=1S/C15H22N2O3/c1-18-13-6-10(7-14-15(13)20-9-19-14)8-17-12-4-2-11(16)3-5-12/h6-7,11-12,17H,2-5,8-9,16H2,1H3. The Balaban J connectivity index is 1.63. The lowest BCUT2D eigenvalue weighted by atomic mass is 9.92. The van der Waals surface area contributed by atoms with Gasteiger partial charge in [-0.05, 0) is 43.4 Å². The zero-order valence-electron chi connectivity index (χ0n) is 11.9. The van der Waals surface area contributed by atoms with Crippen molar-refractivity contribution in [3.63, 3.8) is 0 Å². The van der Waals surface area contributed by atoms with Crippen LogP contribution in [0.25, 0.3) is 0 Å². The Labute approximate surface area is 119 Å². The zero-order chi connectivity index (χ0) is 13.9. The third kappa shape index (κ3) is 2.83. The summed E-state index contributed by atoms with van der Waals surface area (Å²) in [5, 5.41) is 3.59. The van der Waals surface area contributed by atoms with Crippen molar-refractivity contribution in [3.05, 3.63) is 17.7 Å². The van der Waals surface area contributed by atoms with Crippen LogP contribution in [-0.2, 0) is 6.54 Å². The maximum absolute atomic E-state index is 5.93. The molecule has 0 bridgehead atoms. The fraction of sp³-hybridized carbons (Fsp3) is 0.600. The highest BCUT2D eigenvalue weighted by Gasteiger charge is 2.21. The average Bonchev–Trinajstić information content (AvgIpc) is 2.94. The lowest BCUT2D eigenvalue weighted by molar-refractivity contribution is 0.171. The summed E-state index contributed by atoms with van der Waals surface area (Å²) in [4.78, 5) is 0. The molecule has 1 aliphatic heterocycles. The van der Waals surface area contributed by atoms with Gasteiger partial charge in [0.25, 0.3) is 0 Å². The number of methoxy groups -OCH3 is 1. The number of hydrogen-bond donors (Lipinski definition) is 2. The molecule has 0 radical (unpaired) electrons. The summed E-state index contributed by atoms with van der Waals surface area (Å²) < 4.78 is 16.2. The van der Waals surface area contributed by atoms with Crippen LogP contribution in [0.5, 0.6) is 17.2 Å². The Bertz CT molecular complexity index is 470. The van der Waals surface area contributed by atoms with Crippen molar-refractivity contribution in [2.45, 2.75) is 44.3 Å². The van der Waals surface area contributed by atoms with Gasteiger partial charge in [-0.15, -0.1) is 0 Å². The molecule has 1 aromatic carbocycles. The van der Waals surface area contributed by atoms with E-state index < -0.39 is 0 Å². The summed E-state index contributed by atoms with van der Waals surface area (Å²) in [7, 11) is 1.65. The van der Waals surface area contributed by atoms with E-state index in [1.54, 1.807) is 7.11 Å². The van der Waals surface area contributed by atoms with Gasteiger partial charge in [0.2, 0.25) is 12.5 Å². The highest BCUT2D eigenvalue weighted by molar-refractivity contribution is 5.55. The van der Waals surface area contributed by atoms with Crippen molar-refractivity contribution in [2.24, 2.45) is 5.73 Å². The monoisotopic (exact) mass is 278 g/mol. The summed E-state index contributed by atoms with van der Waals surface area (Å²) in [5.41, 5.74) is 7.08. The third-order valence-electron chi connectivity index (χ3n) is 4.08. The van der Waals surface area contributed by atoms with Crippen LogP contribution < -0.4 is 25.3 Å². The molecule has 0 amide bonds. The first-order chi connectivity index (χ1) is 9.76. The Kier molecular flexibility index (Phi) is 3.98. The van der Waals surface area contributed by atoms with Crippen LogP contribution in [0.2, 0.25) is 0 Å². The smallest absolute Gasteiger partial charge is 0.231 e. The molecular formula is C15H22N2O3. The SMILES string of the molecule is COc1cc(CNC2CCC(N)CC2)cc2c1OCO2. The van der Waals surface area contributed by atoms with Gasteiger partial charge in [0.15, 0.2) is 11.5 Å². The molecule has 0 atom stereocenters. The first-order valence-electron chi connectivity index (χ1n) is 7.21. The first-order valence-corrected chi connectivity index (χ1v) is 7.21. The Morgan fingerprint density at radius 1 is 1.25 bits per heavy atom. The summed E-state index contributed by atoms with van der Waals surface area (Å²) >= 11 is 0. The molecule has 1 saturated carbocycles. The van der Waals surface area contributed by atoms with Gasteiger partial charge in [0, 0.05) is 18.6 Å². The maximum Gasteiger partial charge on any atom is 0.231 e. The van der Waals surface area contributed by atoms with E-state index in [2.05, 4.69) is 5.32 Å². The van der Waals surface area contributed by atoms with Crippen molar-refractivity contribution in [2.75, 3.05) is 13.9 Å². The molecule has 0 saturated heterocycles. The molecule has 0 spiro atoms. The molecule has 0 aromatic heterocycles. The van der Waals surface area contributed by atoms with E-state index in [0.29, 0.717) is 17.8 Å². The molecule has 1 fully saturated rings. The Morgan fingerprint density at radius 2 is 2.05 bits per heavy atom. The molecule has 1 aromatic rings. The van der Waals surface area contributed by atoms with Gasteiger partial charge in [-0.25, -0.2) is 0 Å². The molecule has 2 aliphatic rings. The normalized spacial score (nSPS) is 24.7. The summed E-state index contributed by atoms with van der Waals surface area (Å²) in [6, 6.07) is 4.98. The number of fused-ring (bicyclic) bond motifs is 1. The lowest BCUT2D eigenvalue weighted by Gasteiger charge is -2.27. The molecule has 1 heterocycles. The quantitative estimate of drug-likeness (QED) is 0.879. The minimum atomic E-state index is 0.267. The van der Waals surface area contributed by atoms with Gasteiger partial charge >= 0.3 is 0 Å². The third-order valence-corrected chi connectivity index (χ3v) is 4.08. The van der Waals surface area contributed by atoms with Crippen LogP contribution in [0.1, 0.15) is 31.2 Å².